The lowest BCUT2D eigenvalue weighted by Crippen LogP contribution is -2.41. The normalized spacial score (nSPS) is 15.6. The summed E-state index contributed by atoms with van der Waals surface area (Å²) in [4.78, 5) is 24.0. The summed E-state index contributed by atoms with van der Waals surface area (Å²) >= 11 is 6.54. The Labute approximate surface area is 221 Å². The van der Waals surface area contributed by atoms with Crippen molar-refractivity contribution in [3.8, 4) is 11.4 Å². The van der Waals surface area contributed by atoms with Gasteiger partial charge in [-0.2, -0.15) is 10.2 Å². The fourth-order valence-corrected chi connectivity index (χ4v) is 4.69. The number of H-pyrrole nitrogens is 1. The largest absolute Gasteiger partial charge is 0.423 e. The number of tetrazole rings is 1. The number of fused-ring (bicyclic) bond motifs is 1. The van der Waals surface area contributed by atoms with Crippen LogP contribution in [0.25, 0.3) is 22.5 Å². The molecule has 1 aliphatic heterocycles. The average Bonchev–Trinajstić information content (AvgIpc) is 3.59. The maximum atomic E-state index is 12.8. The van der Waals surface area contributed by atoms with Crippen LogP contribution in [0.5, 0.6) is 0 Å². The lowest BCUT2D eigenvalue weighted by Gasteiger charge is -2.34. The van der Waals surface area contributed by atoms with Crippen molar-refractivity contribution in [2.45, 2.75) is 13.0 Å². The van der Waals surface area contributed by atoms with E-state index in [2.05, 4.69) is 30.9 Å². The summed E-state index contributed by atoms with van der Waals surface area (Å²) in [7, 11) is 0. The van der Waals surface area contributed by atoms with E-state index in [4.69, 9.17) is 26.7 Å². The van der Waals surface area contributed by atoms with Crippen LogP contribution in [0.1, 0.15) is 18.5 Å². The first-order valence-corrected chi connectivity index (χ1v) is 12.0. The number of hydrogen-bond acceptors (Lipinski definition) is 9. The molecule has 3 aromatic carbocycles. The lowest BCUT2D eigenvalue weighted by atomic mass is 9.95. The van der Waals surface area contributed by atoms with Gasteiger partial charge in [-0.25, -0.2) is 4.99 Å². The van der Waals surface area contributed by atoms with Gasteiger partial charge in [0.15, 0.2) is 5.58 Å². The molecule has 0 bridgehead atoms. The highest BCUT2D eigenvalue weighted by Gasteiger charge is 2.34. The van der Waals surface area contributed by atoms with Crippen LogP contribution in [0, 0.1) is 0 Å². The Morgan fingerprint density at radius 3 is 2.68 bits per heavy atom. The average molecular weight is 526 g/mol. The first kappa shape index (κ1) is 23.4. The minimum Gasteiger partial charge on any atom is -0.423 e. The predicted molar refractivity (Wildman–Crippen MR) is 143 cm³/mol. The van der Waals surface area contributed by atoms with Gasteiger partial charge in [0.25, 0.3) is 0 Å². The molecule has 0 fully saturated rings. The molecule has 0 radical (unpaired) electrons. The van der Waals surface area contributed by atoms with E-state index in [9.17, 15) is 4.79 Å². The molecule has 1 aliphatic rings. The van der Waals surface area contributed by atoms with E-state index in [1.165, 1.54) is 0 Å². The Morgan fingerprint density at radius 2 is 1.92 bits per heavy atom. The molecule has 188 valence electrons. The number of halogens is 1. The maximum absolute atomic E-state index is 12.8. The molecule has 6 rings (SSSR count). The van der Waals surface area contributed by atoms with Crippen LogP contribution in [0.15, 0.2) is 93.5 Å². The molecule has 0 spiro atoms. The molecule has 4 N–H and O–H groups in total. The number of oxazole rings is 1. The number of aliphatic imine (C=N–C) groups is 1. The Balaban J connectivity index is 1.52. The van der Waals surface area contributed by atoms with Crippen LogP contribution in [-0.2, 0) is 4.79 Å². The van der Waals surface area contributed by atoms with Gasteiger partial charge in [-0.1, -0.05) is 54.1 Å². The van der Waals surface area contributed by atoms with Gasteiger partial charge in [-0.3, -0.25) is 15.0 Å². The number of guanidine groups is 1. The standard InChI is InChI=1S/C26H20ClN9O2/c1-14-21(23(28)37)22(17-9-2-3-10-18(17)27)30-25(31-26-29-19-11-4-5-12-20(19)38-26)36(14)16-8-6-7-15(13-16)24-32-34-35-33-24/h2-13,22H,1H3,(H2,28,37)(H,29,30,31)(H,32,33,34,35). The lowest BCUT2D eigenvalue weighted by molar-refractivity contribution is -0.114. The number of nitrogens with two attached hydrogens (primary N) is 1. The molecule has 12 heteroatoms. The highest BCUT2D eigenvalue weighted by molar-refractivity contribution is 6.31. The van der Waals surface area contributed by atoms with E-state index in [0.717, 1.165) is 0 Å². The summed E-state index contributed by atoms with van der Waals surface area (Å²) in [5.74, 6) is 0.158. The SMILES string of the molecule is CC1=C(C(N)=O)C(c2ccccc2Cl)N=C(Nc2nc3ccccc3o2)N1c1cccc(-c2nn[nH]n2)c1. The molecule has 38 heavy (non-hydrogen) atoms. The summed E-state index contributed by atoms with van der Waals surface area (Å²) in [6.45, 7) is 1.80. The molecule has 3 heterocycles. The third-order valence-corrected chi connectivity index (χ3v) is 6.49. The topological polar surface area (TPSA) is 151 Å². The van der Waals surface area contributed by atoms with Gasteiger partial charge in [-0.15, -0.1) is 10.2 Å². The highest BCUT2D eigenvalue weighted by atomic mass is 35.5. The number of allylic oxidation sites excluding steroid dienone is 1. The van der Waals surface area contributed by atoms with E-state index >= 15 is 0 Å². The van der Waals surface area contributed by atoms with Crippen LogP contribution in [-0.4, -0.2) is 37.5 Å². The third-order valence-electron chi connectivity index (χ3n) is 6.15. The first-order chi connectivity index (χ1) is 18.5. The number of carbonyl (C=O) groups excluding carboxylic acids is 1. The zero-order chi connectivity index (χ0) is 26.2. The Hall–Kier alpha value is -5.03. The molecule has 0 saturated carbocycles. The van der Waals surface area contributed by atoms with Crippen molar-refractivity contribution in [2.75, 3.05) is 10.2 Å². The second-order valence-electron chi connectivity index (χ2n) is 8.47. The van der Waals surface area contributed by atoms with Crippen LogP contribution in [0.2, 0.25) is 5.02 Å². The first-order valence-electron chi connectivity index (χ1n) is 11.6. The van der Waals surface area contributed by atoms with Gasteiger partial charge < -0.3 is 10.2 Å². The van der Waals surface area contributed by atoms with Crippen molar-refractivity contribution < 1.29 is 9.21 Å². The molecule has 5 aromatic rings. The molecule has 1 amide bonds. The number of aromatic nitrogens is 5. The third kappa shape index (κ3) is 4.14. The molecule has 1 unspecified atom stereocenters. The number of amides is 1. The number of primary amides is 1. The van der Waals surface area contributed by atoms with E-state index in [-0.39, 0.29) is 6.01 Å². The number of nitrogens with zero attached hydrogens (tertiary/aromatic N) is 6. The van der Waals surface area contributed by atoms with E-state index in [1.54, 1.807) is 17.9 Å². The van der Waals surface area contributed by atoms with Crippen LogP contribution in [0.4, 0.5) is 11.7 Å². The number of carbonyl (C=O) groups is 1. The fraction of sp³-hybridized carbons (Fsp3) is 0.0769. The smallest absolute Gasteiger partial charge is 0.302 e. The van der Waals surface area contributed by atoms with Gasteiger partial charge in [0.2, 0.25) is 17.7 Å². The van der Waals surface area contributed by atoms with Gasteiger partial charge in [-0.05, 0) is 42.5 Å². The van der Waals surface area contributed by atoms with Crippen LogP contribution >= 0.6 is 11.6 Å². The van der Waals surface area contributed by atoms with Gasteiger partial charge >= 0.3 is 6.01 Å². The van der Waals surface area contributed by atoms with E-state index < -0.39 is 11.9 Å². The second kappa shape index (κ2) is 9.45. The summed E-state index contributed by atoms with van der Waals surface area (Å²) < 4.78 is 5.92. The Morgan fingerprint density at radius 1 is 1.11 bits per heavy atom. The number of anilines is 2. The summed E-state index contributed by atoms with van der Waals surface area (Å²) in [5, 5.41) is 17.9. The molecule has 11 nitrogen and oxygen atoms in total. The van der Waals surface area contributed by atoms with Gasteiger partial charge in [0.05, 0.1) is 5.57 Å². The number of rotatable bonds is 5. The van der Waals surface area contributed by atoms with Crippen molar-refractivity contribution >= 4 is 46.3 Å². The molecule has 0 saturated heterocycles. The van der Waals surface area contributed by atoms with Crippen molar-refractivity contribution in [1.82, 2.24) is 25.6 Å². The number of benzene rings is 3. The predicted octanol–water partition coefficient (Wildman–Crippen LogP) is 4.45. The van der Waals surface area contributed by atoms with Crippen molar-refractivity contribution in [3.05, 3.63) is 94.7 Å². The minimum absolute atomic E-state index is 0.234. The minimum atomic E-state index is -0.760. The van der Waals surface area contributed by atoms with Gasteiger partial charge in [0.1, 0.15) is 11.6 Å². The number of hydrogen-bond donors (Lipinski definition) is 3. The quantitative estimate of drug-likeness (QED) is 0.304. The summed E-state index contributed by atoms with van der Waals surface area (Å²) in [6.07, 6.45) is 0. The van der Waals surface area contributed by atoms with E-state index in [1.807, 2.05) is 66.7 Å². The van der Waals surface area contributed by atoms with E-state index in [0.29, 0.717) is 56.0 Å². The molecule has 1 atom stereocenters. The Kier molecular flexibility index (Phi) is 5.81. The van der Waals surface area contributed by atoms with Gasteiger partial charge in [0, 0.05) is 27.5 Å². The highest BCUT2D eigenvalue weighted by Crippen LogP contribution is 2.39. The molecular formula is C26H20ClN9O2. The molecular weight excluding hydrogens is 506 g/mol. The van der Waals surface area contributed by atoms with Crippen LogP contribution < -0.4 is 16.0 Å². The van der Waals surface area contributed by atoms with Crippen molar-refractivity contribution in [3.63, 3.8) is 0 Å². The molecule has 0 aliphatic carbocycles. The second-order valence-corrected chi connectivity index (χ2v) is 8.88. The monoisotopic (exact) mass is 525 g/mol. The maximum Gasteiger partial charge on any atom is 0.302 e. The zero-order valence-corrected chi connectivity index (χ0v) is 20.7. The summed E-state index contributed by atoms with van der Waals surface area (Å²) in [5.41, 5.74) is 10.1. The number of para-hydroxylation sites is 2. The molecule has 2 aromatic heterocycles. The zero-order valence-electron chi connectivity index (χ0n) is 20.0. The number of aromatic amines is 1. The van der Waals surface area contributed by atoms with Crippen molar-refractivity contribution in [1.29, 1.82) is 0 Å². The Bertz CT molecular complexity index is 1690. The summed E-state index contributed by atoms with van der Waals surface area (Å²) in [6, 6.07) is 21.5. The number of nitrogens with one attached hydrogen (secondary N) is 2. The van der Waals surface area contributed by atoms with Crippen LogP contribution in [0.3, 0.4) is 0 Å². The fourth-order valence-electron chi connectivity index (χ4n) is 4.45. The van der Waals surface area contributed by atoms with Crippen molar-refractivity contribution in [2.24, 2.45) is 10.7 Å².